The maximum absolute atomic E-state index is 5.84. The number of nitrogen functional groups attached to an aromatic ring is 1. The van der Waals surface area contributed by atoms with Crippen LogP contribution in [0, 0.1) is 6.92 Å². The van der Waals surface area contributed by atoms with Crippen LogP contribution in [0.15, 0.2) is 18.2 Å². The third-order valence-electron chi connectivity index (χ3n) is 3.43. The van der Waals surface area contributed by atoms with Gasteiger partial charge in [-0.1, -0.05) is 6.07 Å². The van der Waals surface area contributed by atoms with E-state index in [-0.39, 0.29) is 6.10 Å². The van der Waals surface area contributed by atoms with Gasteiger partial charge >= 0.3 is 0 Å². The van der Waals surface area contributed by atoms with Crippen LogP contribution in [-0.4, -0.2) is 32.9 Å². The van der Waals surface area contributed by atoms with Crippen LogP contribution in [0.3, 0.4) is 0 Å². The molecule has 0 radical (unpaired) electrons. The summed E-state index contributed by atoms with van der Waals surface area (Å²) < 4.78 is 7.43. The molecule has 6 heteroatoms. The first-order valence-corrected chi connectivity index (χ1v) is 6.48. The molecule has 19 heavy (non-hydrogen) atoms. The van der Waals surface area contributed by atoms with Crippen LogP contribution in [0.5, 0.6) is 0 Å². The fraction of sp³-hybridized carbons (Fsp3) is 0.462. The van der Waals surface area contributed by atoms with Gasteiger partial charge in [-0.25, -0.2) is 4.68 Å². The number of anilines is 1. The second-order valence-electron chi connectivity index (χ2n) is 4.89. The van der Waals surface area contributed by atoms with E-state index in [0.29, 0.717) is 12.2 Å². The highest BCUT2D eigenvalue weighted by Gasteiger charge is 2.20. The molecule has 2 aromatic rings. The number of nitrogens with zero attached hydrogens (tertiary/aromatic N) is 4. The zero-order chi connectivity index (χ0) is 13.2. The number of rotatable bonds is 3. The van der Waals surface area contributed by atoms with Crippen molar-refractivity contribution in [2.75, 3.05) is 12.3 Å². The van der Waals surface area contributed by atoms with Gasteiger partial charge in [-0.05, 0) is 47.9 Å². The molecule has 2 N–H and O–H groups in total. The Balaban J connectivity index is 1.92. The number of hydrogen-bond donors (Lipinski definition) is 1. The summed E-state index contributed by atoms with van der Waals surface area (Å²) in [4.78, 5) is 0. The predicted molar refractivity (Wildman–Crippen MR) is 71.4 cm³/mol. The van der Waals surface area contributed by atoms with Gasteiger partial charge in [0.25, 0.3) is 0 Å². The van der Waals surface area contributed by atoms with Gasteiger partial charge in [0.2, 0.25) is 0 Å². The molecule has 100 valence electrons. The van der Waals surface area contributed by atoms with Gasteiger partial charge in [0.05, 0.1) is 12.6 Å². The molecule has 1 aromatic carbocycles. The Morgan fingerprint density at radius 3 is 3.16 bits per heavy atom. The molecule has 3 rings (SSSR count). The molecule has 6 nitrogen and oxygen atoms in total. The molecule has 0 spiro atoms. The van der Waals surface area contributed by atoms with Crippen molar-refractivity contribution in [3.8, 4) is 11.4 Å². The molecule has 1 aliphatic heterocycles. The highest BCUT2D eigenvalue weighted by Crippen LogP contribution is 2.24. The number of nitrogens with two attached hydrogens (primary N) is 1. The van der Waals surface area contributed by atoms with Crippen LogP contribution in [0.4, 0.5) is 5.69 Å². The molecule has 2 heterocycles. The monoisotopic (exact) mass is 259 g/mol. The lowest BCUT2D eigenvalue weighted by atomic mass is 10.1. The van der Waals surface area contributed by atoms with E-state index in [0.717, 1.165) is 36.4 Å². The summed E-state index contributed by atoms with van der Waals surface area (Å²) in [5, 5.41) is 12.0. The summed E-state index contributed by atoms with van der Waals surface area (Å²) >= 11 is 0. The lowest BCUT2D eigenvalue weighted by Gasteiger charge is -2.11. The van der Waals surface area contributed by atoms with Gasteiger partial charge < -0.3 is 10.5 Å². The normalized spacial score (nSPS) is 18.9. The molecule has 1 aliphatic rings. The van der Waals surface area contributed by atoms with Crippen molar-refractivity contribution >= 4 is 5.69 Å². The van der Waals surface area contributed by atoms with Crippen molar-refractivity contribution in [2.45, 2.75) is 32.4 Å². The number of hydrogen-bond acceptors (Lipinski definition) is 5. The van der Waals surface area contributed by atoms with E-state index in [1.165, 1.54) is 0 Å². The molecule has 0 saturated carbocycles. The van der Waals surface area contributed by atoms with Gasteiger partial charge in [0, 0.05) is 17.9 Å². The number of aromatic nitrogens is 4. The maximum atomic E-state index is 5.84. The van der Waals surface area contributed by atoms with Crippen molar-refractivity contribution in [1.82, 2.24) is 20.2 Å². The van der Waals surface area contributed by atoms with E-state index >= 15 is 0 Å². The molecule has 1 fully saturated rings. The Hall–Kier alpha value is -1.95. The highest BCUT2D eigenvalue weighted by molar-refractivity contribution is 5.65. The van der Waals surface area contributed by atoms with Crippen LogP contribution in [0.1, 0.15) is 18.4 Å². The second-order valence-corrected chi connectivity index (χ2v) is 4.89. The van der Waals surface area contributed by atoms with Crippen LogP contribution >= 0.6 is 0 Å². The molecule has 1 unspecified atom stereocenters. The summed E-state index contributed by atoms with van der Waals surface area (Å²) in [5.74, 6) is 0.750. The fourth-order valence-electron chi connectivity index (χ4n) is 2.38. The molecule has 0 aliphatic carbocycles. The third-order valence-corrected chi connectivity index (χ3v) is 3.43. The summed E-state index contributed by atoms with van der Waals surface area (Å²) in [6.07, 6.45) is 2.39. The number of benzene rings is 1. The Bertz CT molecular complexity index is 574. The lowest BCUT2D eigenvalue weighted by molar-refractivity contribution is 0.0939. The van der Waals surface area contributed by atoms with Gasteiger partial charge in [-0.2, -0.15) is 0 Å². The first kappa shape index (κ1) is 12.1. The van der Waals surface area contributed by atoms with E-state index in [1.807, 2.05) is 25.1 Å². The Morgan fingerprint density at radius 2 is 2.37 bits per heavy atom. The van der Waals surface area contributed by atoms with Gasteiger partial charge in [0.1, 0.15) is 0 Å². The Kier molecular flexibility index (Phi) is 3.16. The molecule has 1 aromatic heterocycles. The minimum Gasteiger partial charge on any atom is -0.399 e. The maximum Gasteiger partial charge on any atom is 0.182 e. The molecular formula is C13H17N5O. The largest absolute Gasteiger partial charge is 0.399 e. The number of aryl methyl sites for hydroxylation is 1. The second kappa shape index (κ2) is 4.97. The first-order chi connectivity index (χ1) is 9.24. The van der Waals surface area contributed by atoms with Crippen molar-refractivity contribution in [2.24, 2.45) is 0 Å². The minimum atomic E-state index is 0.212. The average molecular weight is 259 g/mol. The first-order valence-electron chi connectivity index (χ1n) is 6.48. The van der Waals surface area contributed by atoms with Gasteiger partial charge in [-0.3, -0.25) is 0 Å². The zero-order valence-corrected chi connectivity index (χ0v) is 10.9. The van der Waals surface area contributed by atoms with Crippen LogP contribution in [-0.2, 0) is 11.3 Å². The predicted octanol–water partition coefficient (Wildman–Crippen LogP) is 1.41. The molecule has 0 bridgehead atoms. The smallest absolute Gasteiger partial charge is 0.182 e. The SMILES string of the molecule is Cc1ccc(N)cc1-c1nnnn1CC1CCCO1. The van der Waals surface area contributed by atoms with Gasteiger partial charge in [0.15, 0.2) is 5.82 Å². The number of tetrazole rings is 1. The van der Waals surface area contributed by atoms with Crippen molar-refractivity contribution in [1.29, 1.82) is 0 Å². The number of ether oxygens (including phenoxy) is 1. The Morgan fingerprint density at radius 1 is 1.47 bits per heavy atom. The molecule has 1 saturated heterocycles. The molecule has 1 atom stereocenters. The zero-order valence-electron chi connectivity index (χ0n) is 10.9. The van der Waals surface area contributed by atoms with E-state index in [9.17, 15) is 0 Å². The summed E-state index contributed by atoms with van der Waals surface area (Å²) in [7, 11) is 0. The van der Waals surface area contributed by atoms with Gasteiger partial charge in [-0.15, -0.1) is 5.10 Å². The lowest BCUT2D eigenvalue weighted by Crippen LogP contribution is -2.17. The van der Waals surface area contributed by atoms with Crippen LogP contribution in [0.25, 0.3) is 11.4 Å². The van der Waals surface area contributed by atoms with E-state index in [4.69, 9.17) is 10.5 Å². The van der Waals surface area contributed by atoms with Crippen LogP contribution < -0.4 is 5.73 Å². The summed E-state index contributed by atoms with van der Waals surface area (Å²) in [6.45, 7) is 3.55. The average Bonchev–Trinajstić information content (AvgIpc) is 3.04. The topological polar surface area (TPSA) is 78.9 Å². The molecular weight excluding hydrogens is 242 g/mol. The van der Waals surface area contributed by atoms with E-state index in [2.05, 4.69) is 15.5 Å². The van der Waals surface area contributed by atoms with E-state index < -0.39 is 0 Å². The minimum absolute atomic E-state index is 0.212. The molecule has 0 amide bonds. The standard InChI is InChI=1S/C13H17N5O/c1-9-4-5-10(14)7-12(9)13-15-16-17-18(13)8-11-3-2-6-19-11/h4-5,7,11H,2-3,6,8,14H2,1H3. The fourth-order valence-corrected chi connectivity index (χ4v) is 2.38. The third kappa shape index (κ3) is 2.44. The van der Waals surface area contributed by atoms with Crippen molar-refractivity contribution in [3.05, 3.63) is 23.8 Å². The van der Waals surface area contributed by atoms with Crippen LogP contribution in [0.2, 0.25) is 0 Å². The summed E-state index contributed by atoms with van der Waals surface area (Å²) in [6, 6.07) is 5.77. The Labute approximate surface area is 111 Å². The highest BCUT2D eigenvalue weighted by atomic mass is 16.5. The summed E-state index contributed by atoms with van der Waals surface area (Å²) in [5.41, 5.74) is 8.64. The van der Waals surface area contributed by atoms with Crippen molar-refractivity contribution < 1.29 is 4.74 Å². The van der Waals surface area contributed by atoms with Crippen molar-refractivity contribution in [3.63, 3.8) is 0 Å². The quantitative estimate of drug-likeness (QED) is 0.843. The van der Waals surface area contributed by atoms with E-state index in [1.54, 1.807) is 4.68 Å².